The summed E-state index contributed by atoms with van der Waals surface area (Å²) in [7, 11) is 1.59. The molecule has 0 aromatic heterocycles. The number of benzene rings is 1. The number of methoxy groups -OCH3 is 1. The van der Waals surface area contributed by atoms with E-state index in [0.717, 1.165) is 12.3 Å². The van der Waals surface area contributed by atoms with E-state index in [1.54, 1.807) is 13.2 Å². The third kappa shape index (κ3) is 1.98. The van der Waals surface area contributed by atoms with Gasteiger partial charge in [0.2, 0.25) is 0 Å². The second-order valence-corrected chi connectivity index (χ2v) is 5.35. The van der Waals surface area contributed by atoms with E-state index in [4.69, 9.17) is 9.47 Å². The van der Waals surface area contributed by atoms with Crippen molar-refractivity contribution in [1.82, 2.24) is 0 Å². The zero-order chi connectivity index (χ0) is 12.5. The van der Waals surface area contributed by atoms with Gasteiger partial charge in [0.1, 0.15) is 0 Å². The van der Waals surface area contributed by atoms with E-state index >= 15 is 0 Å². The maximum atomic E-state index is 12.2. The summed E-state index contributed by atoms with van der Waals surface area (Å²) in [6.45, 7) is 0. The summed E-state index contributed by atoms with van der Waals surface area (Å²) >= 11 is 0. The van der Waals surface area contributed by atoms with Crippen LogP contribution in [0.4, 0.5) is 0 Å². The molecule has 0 amide bonds. The van der Waals surface area contributed by atoms with Gasteiger partial charge in [-0.2, -0.15) is 0 Å². The van der Waals surface area contributed by atoms with Crippen molar-refractivity contribution in [3.05, 3.63) is 24.3 Å². The molecule has 1 aromatic carbocycles. The lowest BCUT2D eigenvalue weighted by Gasteiger charge is -2.20. The molecule has 0 heterocycles. The molecule has 0 radical (unpaired) electrons. The Morgan fingerprint density at radius 2 is 1.94 bits per heavy atom. The fraction of sp³-hybridized carbons (Fsp3) is 0.533. The molecule has 1 aromatic rings. The number of carbonyl (C=O) groups excluding carboxylic acids is 1. The van der Waals surface area contributed by atoms with Crippen LogP contribution in [-0.4, -0.2) is 13.1 Å². The number of fused-ring (bicyclic) bond motifs is 2. The van der Waals surface area contributed by atoms with Gasteiger partial charge in [0, 0.05) is 0 Å². The molecule has 3 heteroatoms. The summed E-state index contributed by atoms with van der Waals surface area (Å²) in [6, 6.07) is 7.31. The van der Waals surface area contributed by atoms with Crippen LogP contribution in [0.15, 0.2) is 24.3 Å². The van der Waals surface area contributed by atoms with Gasteiger partial charge in [-0.05, 0) is 43.2 Å². The molecule has 3 atom stereocenters. The lowest BCUT2D eigenvalue weighted by molar-refractivity contribution is -0.140. The van der Waals surface area contributed by atoms with Crippen LogP contribution >= 0.6 is 0 Å². The van der Waals surface area contributed by atoms with Gasteiger partial charge in [-0.25, -0.2) is 0 Å². The Balaban J connectivity index is 1.71. The molecule has 3 nitrogen and oxygen atoms in total. The van der Waals surface area contributed by atoms with E-state index in [0.29, 0.717) is 17.4 Å². The first-order valence-electron chi connectivity index (χ1n) is 6.62. The molecule has 3 unspecified atom stereocenters. The molecule has 0 N–H and O–H groups in total. The molecule has 2 fully saturated rings. The average Bonchev–Trinajstić information content (AvgIpc) is 3.01. The van der Waals surface area contributed by atoms with E-state index in [1.165, 1.54) is 19.3 Å². The Morgan fingerprint density at radius 3 is 2.56 bits per heavy atom. The van der Waals surface area contributed by atoms with Crippen molar-refractivity contribution < 1.29 is 14.3 Å². The van der Waals surface area contributed by atoms with Gasteiger partial charge in [0.15, 0.2) is 11.5 Å². The third-order valence-corrected chi connectivity index (χ3v) is 4.32. The Hall–Kier alpha value is -1.51. The highest BCUT2D eigenvalue weighted by Gasteiger charge is 2.44. The first-order chi connectivity index (χ1) is 8.78. The number of hydrogen-bond acceptors (Lipinski definition) is 3. The Bertz CT molecular complexity index is 455. The highest BCUT2D eigenvalue weighted by Crippen LogP contribution is 2.48. The molecular weight excluding hydrogens is 228 g/mol. The molecule has 2 saturated carbocycles. The molecule has 0 saturated heterocycles. The van der Waals surface area contributed by atoms with Gasteiger partial charge in [0.25, 0.3) is 0 Å². The summed E-state index contributed by atoms with van der Waals surface area (Å²) in [6.07, 6.45) is 4.71. The summed E-state index contributed by atoms with van der Waals surface area (Å²) < 4.78 is 10.7. The lowest BCUT2D eigenvalue weighted by atomic mass is 9.89. The Morgan fingerprint density at radius 1 is 1.17 bits per heavy atom. The smallest absolute Gasteiger partial charge is 0.314 e. The van der Waals surface area contributed by atoms with Gasteiger partial charge in [-0.15, -0.1) is 0 Å². The molecular formula is C15H18O3. The monoisotopic (exact) mass is 246 g/mol. The average molecular weight is 246 g/mol. The van der Waals surface area contributed by atoms with Gasteiger partial charge in [0.05, 0.1) is 13.0 Å². The summed E-state index contributed by atoms with van der Waals surface area (Å²) in [5.74, 6) is 2.49. The third-order valence-electron chi connectivity index (χ3n) is 4.32. The highest BCUT2D eigenvalue weighted by atomic mass is 16.6. The van der Waals surface area contributed by atoms with Crippen molar-refractivity contribution in [2.24, 2.45) is 17.8 Å². The number of rotatable bonds is 3. The van der Waals surface area contributed by atoms with Crippen LogP contribution in [0.1, 0.15) is 25.7 Å². The topological polar surface area (TPSA) is 35.5 Å². The number of para-hydroxylation sites is 2. The van der Waals surface area contributed by atoms with E-state index in [-0.39, 0.29) is 11.9 Å². The van der Waals surface area contributed by atoms with Gasteiger partial charge < -0.3 is 9.47 Å². The number of carbonyl (C=O) groups is 1. The predicted octanol–water partition coefficient (Wildman–Crippen LogP) is 3.04. The van der Waals surface area contributed by atoms with Gasteiger partial charge in [-0.1, -0.05) is 18.6 Å². The lowest BCUT2D eigenvalue weighted by Crippen LogP contribution is -2.25. The first-order valence-corrected chi connectivity index (χ1v) is 6.62. The fourth-order valence-electron chi connectivity index (χ4n) is 3.42. The van der Waals surface area contributed by atoms with E-state index < -0.39 is 0 Å². The van der Waals surface area contributed by atoms with Gasteiger partial charge in [-0.3, -0.25) is 4.79 Å². The molecule has 0 aliphatic heterocycles. The molecule has 2 aliphatic carbocycles. The number of esters is 1. The zero-order valence-corrected chi connectivity index (χ0v) is 10.6. The second kappa shape index (κ2) is 4.63. The maximum Gasteiger partial charge on any atom is 0.314 e. The largest absolute Gasteiger partial charge is 0.493 e. The minimum Gasteiger partial charge on any atom is -0.493 e. The molecule has 2 bridgehead atoms. The number of hydrogen-bond donors (Lipinski definition) is 0. The van der Waals surface area contributed by atoms with Crippen molar-refractivity contribution in [1.29, 1.82) is 0 Å². The predicted molar refractivity (Wildman–Crippen MR) is 67.6 cm³/mol. The van der Waals surface area contributed by atoms with Crippen LogP contribution in [0, 0.1) is 17.8 Å². The summed E-state index contributed by atoms with van der Waals surface area (Å²) in [5.41, 5.74) is 0. The first kappa shape index (κ1) is 11.6. The molecule has 0 spiro atoms. The minimum absolute atomic E-state index is 0.0771. The zero-order valence-electron chi connectivity index (χ0n) is 10.6. The van der Waals surface area contributed by atoms with Crippen LogP contribution in [-0.2, 0) is 4.79 Å². The molecule has 3 rings (SSSR count). The van der Waals surface area contributed by atoms with Crippen molar-refractivity contribution in [3.8, 4) is 11.5 Å². The van der Waals surface area contributed by atoms with Crippen molar-refractivity contribution in [2.45, 2.75) is 25.7 Å². The Kier molecular flexibility index (Phi) is 2.98. The molecule has 18 heavy (non-hydrogen) atoms. The summed E-state index contributed by atoms with van der Waals surface area (Å²) in [5, 5.41) is 0. The van der Waals surface area contributed by atoms with Gasteiger partial charge >= 0.3 is 5.97 Å². The van der Waals surface area contributed by atoms with E-state index in [2.05, 4.69) is 0 Å². The van der Waals surface area contributed by atoms with Crippen LogP contribution in [0.5, 0.6) is 11.5 Å². The van der Waals surface area contributed by atoms with Crippen LogP contribution in [0.25, 0.3) is 0 Å². The standard InChI is InChI=1S/C15H18O3/c1-17-13-4-2-3-5-14(13)18-15(16)12-9-10-6-7-11(12)8-10/h2-5,10-12H,6-9H2,1H3. The SMILES string of the molecule is COc1ccccc1OC(=O)C1CC2CCC1C2. The van der Waals surface area contributed by atoms with E-state index in [9.17, 15) is 4.79 Å². The van der Waals surface area contributed by atoms with E-state index in [1.807, 2.05) is 18.2 Å². The van der Waals surface area contributed by atoms with Crippen molar-refractivity contribution >= 4 is 5.97 Å². The van der Waals surface area contributed by atoms with Crippen LogP contribution < -0.4 is 9.47 Å². The van der Waals surface area contributed by atoms with Crippen LogP contribution in [0.2, 0.25) is 0 Å². The van der Waals surface area contributed by atoms with Crippen LogP contribution in [0.3, 0.4) is 0 Å². The Labute approximate surface area is 107 Å². The highest BCUT2D eigenvalue weighted by molar-refractivity contribution is 5.76. The molecule has 2 aliphatic rings. The normalized spacial score (nSPS) is 29.3. The fourth-order valence-corrected chi connectivity index (χ4v) is 3.42. The number of ether oxygens (including phenoxy) is 2. The minimum atomic E-state index is -0.0771. The summed E-state index contributed by atoms with van der Waals surface area (Å²) in [4.78, 5) is 12.2. The van der Waals surface area contributed by atoms with Crippen molar-refractivity contribution in [3.63, 3.8) is 0 Å². The second-order valence-electron chi connectivity index (χ2n) is 5.35. The maximum absolute atomic E-state index is 12.2. The van der Waals surface area contributed by atoms with Crippen molar-refractivity contribution in [2.75, 3.05) is 7.11 Å². The molecule has 96 valence electrons. The quantitative estimate of drug-likeness (QED) is 0.607.